The summed E-state index contributed by atoms with van der Waals surface area (Å²) in [5, 5.41) is 12.5. The Hall–Kier alpha value is -1.64. The van der Waals surface area contributed by atoms with Crippen molar-refractivity contribution in [2.24, 2.45) is 0 Å². The van der Waals surface area contributed by atoms with E-state index in [2.05, 4.69) is 16.4 Å². The second kappa shape index (κ2) is 5.80. The van der Waals surface area contributed by atoms with Gasteiger partial charge in [-0.15, -0.1) is 0 Å². The lowest BCUT2D eigenvalue weighted by Gasteiger charge is -2.29. The van der Waals surface area contributed by atoms with Crippen LogP contribution in [-0.2, 0) is 4.74 Å². The highest BCUT2D eigenvalue weighted by Crippen LogP contribution is 2.19. The number of aromatic nitrogens is 1. The van der Waals surface area contributed by atoms with Crippen molar-refractivity contribution in [1.29, 1.82) is 5.26 Å². The number of likely N-dealkylation sites (N-methyl/N-ethyl adjacent to an activating group) is 1. The molecule has 5 heteroatoms. The molecule has 1 aliphatic rings. The summed E-state index contributed by atoms with van der Waals surface area (Å²) in [4.78, 5) is 6.29. The molecule has 1 saturated heterocycles. The van der Waals surface area contributed by atoms with Crippen molar-refractivity contribution in [2.75, 3.05) is 38.2 Å². The fourth-order valence-electron chi connectivity index (χ4n) is 2.10. The third kappa shape index (κ3) is 2.78. The molecule has 96 valence electrons. The minimum absolute atomic E-state index is 0.151. The van der Waals surface area contributed by atoms with E-state index >= 15 is 0 Å². The molecular weight excluding hydrogens is 228 g/mol. The lowest BCUT2D eigenvalue weighted by Crippen LogP contribution is -2.44. The number of morpholine rings is 1. The Labute approximate surface area is 107 Å². The number of rotatable bonds is 3. The van der Waals surface area contributed by atoms with Gasteiger partial charge in [0.15, 0.2) is 0 Å². The van der Waals surface area contributed by atoms with Gasteiger partial charge in [0.25, 0.3) is 0 Å². The summed E-state index contributed by atoms with van der Waals surface area (Å²) < 4.78 is 5.66. The van der Waals surface area contributed by atoms with Crippen LogP contribution < -0.4 is 10.2 Å². The molecule has 0 radical (unpaired) electrons. The van der Waals surface area contributed by atoms with E-state index in [-0.39, 0.29) is 6.10 Å². The number of nitrogens with one attached hydrogen (secondary N) is 1. The summed E-state index contributed by atoms with van der Waals surface area (Å²) in [5.74, 6) is 0.728. The van der Waals surface area contributed by atoms with Crippen LogP contribution in [0.1, 0.15) is 11.1 Å². The van der Waals surface area contributed by atoms with Crippen LogP contribution in [0.5, 0.6) is 0 Å². The molecule has 1 aromatic rings. The number of hydrogen-bond acceptors (Lipinski definition) is 5. The summed E-state index contributed by atoms with van der Waals surface area (Å²) in [6, 6.07) is 4.08. The van der Waals surface area contributed by atoms with Gasteiger partial charge < -0.3 is 15.0 Å². The zero-order chi connectivity index (χ0) is 13.0. The predicted octanol–water partition coefficient (Wildman–Crippen LogP) is 0.686. The van der Waals surface area contributed by atoms with Crippen LogP contribution in [-0.4, -0.2) is 44.4 Å². The van der Waals surface area contributed by atoms with E-state index in [1.807, 2.05) is 24.9 Å². The zero-order valence-corrected chi connectivity index (χ0v) is 10.8. The average Bonchev–Trinajstić information content (AvgIpc) is 2.39. The summed E-state index contributed by atoms with van der Waals surface area (Å²) in [6.45, 7) is 5.16. The molecule has 0 spiro atoms. The standard InChI is InChI=1S/C13H18N4O/c1-10-3-4-16-13(12(10)7-14)17(2)9-11-8-15-5-6-18-11/h3-4,11,15H,5-6,8-9H2,1-2H3. The second-order valence-electron chi connectivity index (χ2n) is 4.52. The Kier molecular flexibility index (Phi) is 4.13. The lowest BCUT2D eigenvalue weighted by molar-refractivity contribution is 0.0339. The summed E-state index contributed by atoms with van der Waals surface area (Å²) in [5.41, 5.74) is 1.60. The maximum Gasteiger partial charge on any atom is 0.146 e. The molecular formula is C13H18N4O. The van der Waals surface area contributed by atoms with E-state index in [4.69, 9.17) is 4.74 Å². The van der Waals surface area contributed by atoms with Gasteiger partial charge >= 0.3 is 0 Å². The maximum absolute atomic E-state index is 9.19. The smallest absolute Gasteiger partial charge is 0.146 e. The van der Waals surface area contributed by atoms with E-state index in [9.17, 15) is 5.26 Å². The number of hydrogen-bond donors (Lipinski definition) is 1. The minimum Gasteiger partial charge on any atom is -0.374 e. The van der Waals surface area contributed by atoms with Crippen molar-refractivity contribution in [3.05, 3.63) is 23.4 Å². The fraction of sp³-hybridized carbons (Fsp3) is 0.538. The van der Waals surface area contributed by atoms with Crippen LogP contribution in [0.15, 0.2) is 12.3 Å². The topological polar surface area (TPSA) is 61.2 Å². The zero-order valence-electron chi connectivity index (χ0n) is 10.8. The van der Waals surface area contributed by atoms with Crippen LogP contribution in [0.2, 0.25) is 0 Å². The molecule has 0 aliphatic carbocycles. The Bertz CT molecular complexity index is 449. The van der Waals surface area contributed by atoms with Gasteiger partial charge in [-0.1, -0.05) is 0 Å². The van der Waals surface area contributed by atoms with Gasteiger partial charge in [-0.05, 0) is 18.6 Å². The first-order valence-electron chi connectivity index (χ1n) is 6.11. The van der Waals surface area contributed by atoms with Gasteiger partial charge in [-0.25, -0.2) is 4.98 Å². The van der Waals surface area contributed by atoms with Gasteiger partial charge in [0.1, 0.15) is 11.9 Å². The Balaban J connectivity index is 2.11. The normalized spacial score (nSPS) is 19.3. The second-order valence-corrected chi connectivity index (χ2v) is 4.52. The molecule has 1 atom stereocenters. The van der Waals surface area contributed by atoms with Crippen molar-refractivity contribution in [3.8, 4) is 6.07 Å². The van der Waals surface area contributed by atoms with Gasteiger partial charge in [0, 0.05) is 32.9 Å². The molecule has 0 amide bonds. The minimum atomic E-state index is 0.151. The Morgan fingerprint density at radius 2 is 2.50 bits per heavy atom. The van der Waals surface area contributed by atoms with Gasteiger partial charge in [0.2, 0.25) is 0 Å². The molecule has 2 rings (SSSR count). The number of ether oxygens (including phenoxy) is 1. The van der Waals surface area contributed by atoms with Crippen molar-refractivity contribution < 1.29 is 4.74 Å². The maximum atomic E-state index is 9.19. The number of anilines is 1. The van der Waals surface area contributed by atoms with E-state index in [1.165, 1.54) is 0 Å². The molecule has 1 fully saturated rings. The largest absolute Gasteiger partial charge is 0.374 e. The van der Waals surface area contributed by atoms with Crippen molar-refractivity contribution in [1.82, 2.24) is 10.3 Å². The molecule has 18 heavy (non-hydrogen) atoms. The van der Waals surface area contributed by atoms with Crippen LogP contribution in [0.3, 0.4) is 0 Å². The van der Waals surface area contributed by atoms with E-state index in [0.717, 1.165) is 37.6 Å². The number of nitriles is 1. The van der Waals surface area contributed by atoms with E-state index in [1.54, 1.807) is 6.20 Å². The van der Waals surface area contributed by atoms with Crippen molar-refractivity contribution in [2.45, 2.75) is 13.0 Å². The molecule has 1 aliphatic heterocycles. The molecule has 5 nitrogen and oxygen atoms in total. The van der Waals surface area contributed by atoms with Gasteiger partial charge in [-0.3, -0.25) is 0 Å². The average molecular weight is 246 g/mol. The monoisotopic (exact) mass is 246 g/mol. The first-order chi connectivity index (χ1) is 8.72. The third-order valence-electron chi connectivity index (χ3n) is 3.09. The first-order valence-corrected chi connectivity index (χ1v) is 6.11. The first kappa shape index (κ1) is 12.8. The van der Waals surface area contributed by atoms with Gasteiger partial charge in [-0.2, -0.15) is 5.26 Å². The molecule has 1 aromatic heterocycles. The molecule has 1 unspecified atom stereocenters. The molecule has 0 bridgehead atoms. The van der Waals surface area contributed by atoms with E-state index < -0.39 is 0 Å². The quantitative estimate of drug-likeness (QED) is 0.850. The van der Waals surface area contributed by atoms with Crippen LogP contribution in [0.4, 0.5) is 5.82 Å². The van der Waals surface area contributed by atoms with Crippen molar-refractivity contribution >= 4 is 5.82 Å². The molecule has 0 aromatic carbocycles. The van der Waals surface area contributed by atoms with Crippen LogP contribution in [0.25, 0.3) is 0 Å². The van der Waals surface area contributed by atoms with Crippen molar-refractivity contribution in [3.63, 3.8) is 0 Å². The highest BCUT2D eigenvalue weighted by molar-refractivity contribution is 5.56. The SMILES string of the molecule is Cc1ccnc(N(C)CC2CNCCO2)c1C#N. The summed E-state index contributed by atoms with van der Waals surface area (Å²) in [6.07, 6.45) is 1.89. The lowest BCUT2D eigenvalue weighted by atomic mass is 10.1. The number of aryl methyl sites for hydroxylation is 1. The number of nitrogens with zero attached hydrogens (tertiary/aromatic N) is 3. The van der Waals surface area contributed by atoms with Gasteiger partial charge in [0.05, 0.1) is 18.3 Å². The number of pyridine rings is 1. The van der Waals surface area contributed by atoms with E-state index in [0.29, 0.717) is 5.56 Å². The predicted molar refractivity (Wildman–Crippen MR) is 69.6 cm³/mol. The highest BCUT2D eigenvalue weighted by Gasteiger charge is 2.18. The molecule has 1 N–H and O–H groups in total. The fourth-order valence-corrected chi connectivity index (χ4v) is 2.10. The Morgan fingerprint density at radius 3 is 3.17 bits per heavy atom. The Morgan fingerprint density at radius 1 is 1.67 bits per heavy atom. The summed E-state index contributed by atoms with van der Waals surface area (Å²) >= 11 is 0. The molecule has 0 saturated carbocycles. The van der Waals surface area contributed by atoms with Crippen LogP contribution >= 0.6 is 0 Å². The summed E-state index contributed by atoms with van der Waals surface area (Å²) in [7, 11) is 1.95. The third-order valence-corrected chi connectivity index (χ3v) is 3.09. The highest BCUT2D eigenvalue weighted by atomic mass is 16.5. The van der Waals surface area contributed by atoms with Crippen LogP contribution in [0, 0.1) is 18.3 Å². The molecule has 2 heterocycles.